The molecule has 2 aromatic carbocycles. The molecule has 0 atom stereocenters. The molecule has 0 radical (unpaired) electrons. The van der Waals surface area contributed by atoms with Crippen molar-refractivity contribution in [3.63, 3.8) is 0 Å². The van der Waals surface area contributed by atoms with Crippen LogP contribution in [0.4, 0.5) is 0 Å². The van der Waals surface area contributed by atoms with Crippen molar-refractivity contribution in [3.05, 3.63) is 41.5 Å². The molecule has 1 aliphatic rings. The molecule has 1 aliphatic heterocycles. The number of benzene rings is 2. The molecule has 0 aliphatic carbocycles. The van der Waals surface area contributed by atoms with Crippen LogP contribution >= 0.6 is 0 Å². The van der Waals surface area contributed by atoms with E-state index in [1.54, 1.807) is 19.0 Å². The van der Waals surface area contributed by atoms with Crippen molar-refractivity contribution < 1.29 is 14.1 Å². The summed E-state index contributed by atoms with van der Waals surface area (Å²) in [6.45, 7) is 10.2. The predicted octanol–water partition coefficient (Wildman–Crippen LogP) is 3.15. The summed E-state index contributed by atoms with van der Waals surface area (Å²) in [6, 6.07) is 10.0. The van der Waals surface area contributed by atoms with Gasteiger partial charge in [-0.25, -0.2) is 0 Å². The summed E-state index contributed by atoms with van der Waals surface area (Å²) in [5, 5.41) is 2.01. The maximum atomic E-state index is 12.6. The van der Waals surface area contributed by atoms with E-state index < -0.39 is 7.12 Å². The summed E-state index contributed by atoms with van der Waals surface area (Å²) in [5.41, 5.74) is 2.00. The number of nitrogens with zero attached hydrogens (tertiary/aromatic N) is 1. The van der Waals surface area contributed by atoms with E-state index >= 15 is 0 Å². The highest BCUT2D eigenvalue weighted by molar-refractivity contribution is 6.62. The Balaban J connectivity index is 2.11. The van der Waals surface area contributed by atoms with E-state index in [4.69, 9.17) is 9.31 Å². The van der Waals surface area contributed by atoms with Crippen LogP contribution in [0.25, 0.3) is 10.8 Å². The van der Waals surface area contributed by atoms with Crippen LogP contribution < -0.4 is 5.46 Å². The maximum Gasteiger partial charge on any atom is 0.494 e. The van der Waals surface area contributed by atoms with Gasteiger partial charge in [0.25, 0.3) is 5.91 Å². The van der Waals surface area contributed by atoms with Crippen molar-refractivity contribution >= 4 is 29.3 Å². The third-order valence-corrected chi connectivity index (χ3v) is 5.42. The number of aryl methyl sites for hydroxylation is 1. The Hall–Kier alpha value is -1.85. The van der Waals surface area contributed by atoms with Crippen molar-refractivity contribution in [1.29, 1.82) is 0 Å². The highest BCUT2D eigenvalue weighted by Gasteiger charge is 2.51. The first-order valence-corrected chi connectivity index (χ1v) is 8.64. The molecule has 5 heteroatoms. The van der Waals surface area contributed by atoms with E-state index in [0.29, 0.717) is 5.56 Å². The molecule has 132 valence electrons. The SMILES string of the molecule is Cc1ccc(C(=O)N(C)C)c2cc(B3OC(C)(C)C(C)(C)O3)ccc12. The van der Waals surface area contributed by atoms with Crippen molar-refractivity contribution in [2.45, 2.75) is 45.8 Å². The van der Waals surface area contributed by atoms with E-state index in [2.05, 4.69) is 13.0 Å². The quantitative estimate of drug-likeness (QED) is 0.789. The fraction of sp³-hybridized carbons (Fsp3) is 0.450. The van der Waals surface area contributed by atoms with Gasteiger partial charge in [0.2, 0.25) is 0 Å². The lowest BCUT2D eigenvalue weighted by molar-refractivity contribution is 0.00578. The van der Waals surface area contributed by atoms with Crippen LogP contribution in [-0.4, -0.2) is 43.2 Å². The van der Waals surface area contributed by atoms with Crippen LogP contribution in [0.15, 0.2) is 30.3 Å². The number of hydrogen-bond acceptors (Lipinski definition) is 3. The van der Waals surface area contributed by atoms with Gasteiger partial charge in [-0.3, -0.25) is 4.79 Å². The summed E-state index contributed by atoms with van der Waals surface area (Å²) in [4.78, 5) is 14.2. The van der Waals surface area contributed by atoms with Gasteiger partial charge < -0.3 is 14.2 Å². The Kier molecular flexibility index (Phi) is 4.21. The molecule has 0 N–H and O–H groups in total. The van der Waals surface area contributed by atoms with Gasteiger partial charge >= 0.3 is 7.12 Å². The van der Waals surface area contributed by atoms with Gasteiger partial charge in [0.15, 0.2) is 0 Å². The van der Waals surface area contributed by atoms with E-state index in [9.17, 15) is 4.79 Å². The van der Waals surface area contributed by atoms with Gasteiger partial charge in [0.1, 0.15) is 0 Å². The first-order chi connectivity index (χ1) is 11.5. The predicted molar refractivity (Wildman–Crippen MR) is 102 cm³/mol. The molecule has 4 nitrogen and oxygen atoms in total. The van der Waals surface area contributed by atoms with Gasteiger partial charge in [-0.05, 0) is 62.5 Å². The molecule has 0 aromatic heterocycles. The Morgan fingerprint density at radius 1 is 0.960 bits per heavy atom. The standard InChI is InChI=1S/C20H26BNO3/c1-13-8-10-16(18(23)22(6)7)17-12-14(9-11-15(13)17)21-24-19(2,3)20(4,5)25-21/h8-12H,1-7H3. The second-order valence-electron chi connectivity index (χ2n) is 8.02. The molecule has 1 amide bonds. The van der Waals surface area contributed by atoms with Crippen LogP contribution in [0.1, 0.15) is 43.6 Å². The maximum absolute atomic E-state index is 12.6. The van der Waals surface area contributed by atoms with E-state index in [1.807, 2.05) is 52.0 Å². The van der Waals surface area contributed by atoms with Crippen molar-refractivity contribution in [2.24, 2.45) is 0 Å². The summed E-state index contributed by atoms with van der Waals surface area (Å²) in [5.74, 6) is -0.00364. The molecule has 1 saturated heterocycles. The molecular formula is C20H26BNO3. The topological polar surface area (TPSA) is 38.8 Å². The first-order valence-electron chi connectivity index (χ1n) is 8.64. The van der Waals surface area contributed by atoms with E-state index in [-0.39, 0.29) is 17.1 Å². The highest BCUT2D eigenvalue weighted by atomic mass is 16.7. The Morgan fingerprint density at radius 3 is 2.12 bits per heavy atom. The average Bonchev–Trinajstić information content (AvgIpc) is 2.75. The van der Waals surface area contributed by atoms with E-state index in [1.165, 1.54) is 0 Å². The molecule has 0 bridgehead atoms. The summed E-state index contributed by atoms with van der Waals surface area (Å²) >= 11 is 0. The summed E-state index contributed by atoms with van der Waals surface area (Å²) < 4.78 is 12.3. The number of carbonyl (C=O) groups is 1. The monoisotopic (exact) mass is 339 g/mol. The minimum absolute atomic E-state index is 0.00364. The third-order valence-electron chi connectivity index (χ3n) is 5.42. The normalized spacial score (nSPS) is 18.6. The second-order valence-corrected chi connectivity index (χ2v) is 8.02. The van der Waals surface area contributed by atoms with E-state index in [0.717, 1.165) is 21.8 Å². The molecule has 1 fully saturated rings. The number of amides is 1. The van der Waals surface area contributed by atoms with Gasteiger partial charge in [-0.2, -0.15) is 0 Å². The fourth-order valence-electron chi connectivity index (χ4n) is 3.07. The molecule has 25 heavy (non-hydrogen) atoms. The molecule has 0 saturated carbocycles. The van der Waals surface area contributed by atoms with Crippen LogP contribution in [0.3, 0.4) is 0 Å². The largest absolute Gasteiger partial charge is 0.494 e. The Labute approximate surface area is 150 Å². The first kappa shape index (κ1) is 18.0. The lowest BCUT2D eigenvalue weighted by Crippen LogP contribution is -2.41. The lowest BCUT2D eigenvalue weighted by Gasteiger charge is -2.32. The minimum atomic E-state index is -0.433. The molecular weight excluding hydrogens is 313 g/mol. The van der Waals surface area contributed by atoms with Gasteiger partial charge in [-0.1, -0.05) is 24.3 Å². The zero-order valence-electron chi connectivity index (χ0n) is 16.1. The number of rotatable bonds is 2. The molecule has 0 unspecified atom stereocenters. The second kappa shape index (κ2) is 5.85. The van der Waals surface area contributed by atoms with Crippen molar-refractivity contribution in [3.8, 4) is 0 Å². The van der Waals surface area contributed by atoms with Gasteiger partial charge in [0, 0.05) is 19.7 Å². The number of hydrogen-bond donors (Lipinski definition) is 0. The molecule has 2 aromatic rings. The zero-order valence-corrected chi connectivity index (χ0v) is 16.1. The fourth-order valence-corrected chi connectivity index (χ4v) is 3.07. The highest BCUT2D eigenvalue weighted by Crippen LogP contribution is 2.36. The number of carbonyl (C=O) groups excluding carboxylic acids is 1. The minimum Gasteiger partial charge on any atom is -0.399 e. The smallest absolute Gasteiger partial charge is 0.399 e. The van der Waals surface area contributed by atoms with Crippen LogP contribution in [0.5, 0.6) is 0 Å². The summed E-state index contributed by atoms with van der Waals surface area (Å²) in [6.07, 6.45) is 0. The van der Waals surface area contributed by atoms with Gasteiger partial charge in [-0.15, -0.1) is 0 Å². The average molecular weight is 339 g/mol. The zero-order chi connectivity index (χ0) is 18.6. The molecule has 3 rings (SSSR count). The van der Waals surface area contributed by atoms with Crippen LogP contribution in [0, 0.1) is 6.92 Å². The van der Waals surface area contributed by atoms with Gasteiger partial charge in [0.05, 0.1) is 11.2 Å². The Morgan fingerprint density at radius 2 is 1.56 bits per heavy atom. The van der Waals surface area contributed by atoms with Crippen LogP contribution in [-0.2, 0) is 9.31 Å². The number of fused-ring (bicyclic) bond motifs is 1. The molecule has 0 spiro atoms. The summed E-state index contributed by atoms with van der Waals surface area (Å²) in [7, 11) is 3.11. The Bertz CT molecular complexity index is 826. The van der Waals surface area contributed by atoms with Crippen molar-refractivity contribution in [1.82, 2.24) is 4.90 Å². The molecule has 1 heterocycles. The third kappa shape index (κ3) is 2.96. The van der Waals surface area contributed by atoms with Crippen molar-refractivity contribution in [2.75, 3.05) is 14.1 Å². The lowest BCUT2D eigenvalue weighted by atomic mass is 9.77. The van der Waals surface area contributed by atoms with Crippen LogP contribution in [0.2, 0.25) is 0 Å².